The highest BCUT2D eigenvalue weighted by Crippen LogP contribution is 2.39. The molecule has 0 saturated carbocycles. The van der Waals surface area contributed by atoms with Crippen molar-refractivity contribution in [2.45, 2.75) is 33.4 Å². The van der Waals surface area contributed by atoms with Crippen LogP contribution in [-0.4, -0.2) is 57.9 Å². The number of amides is 1. The average molecular weight is 515 g/mol. The molecule has 7 nitrogen and oxygen atoms in total. The number of likely N-dealkylation sites (tertiary alicyclic amines) is 1. The van der Waals surface area contributed by atoms with Crippen LogP contribution in [0.15, 0.2) is 78.4 Å². The first kappa shape index (κ1) is 26.9. The van der Waals surface area contributed by atoms with Crippen molar-refractivity contribution in [3.8, 4) is 11.5 Å². The standard InChI is InChI=1S/C31H34N2O5/c1-4-32(5-2)17-18-33-28(23-9-13-25(34)14-10-23)27(30(36)31(33)37)29(35)24-11-15-26(16-12-24)38-20-22-8-6-7-21(3)19-22/h6-16,19,28,34-35H,4-5,17-18,20H2,1-3H3/t28-/m0/s1. The predicted octanol–water partition coefficient (Wildman–Crippen LogP) is 5.04. The molecule has 4 rings (SSSR count). The molecule has 2 N–H and O–H groups in total. The van der Waals surface area contributed by atoms with Crippen molar-refractivity contribution in [1.82, 2.24) is 9.80 Å². The Morgan fingerprint density at radius 3 is 2.29 bits per heavy atom. The van der Waals surface area contributed by atoms with E-state index >= 15 is 0 Å². The number of hydrogen-bond acceptors (Lipinski definition) is 6. The van der Waals surface area contributed by atoms with Gasteiger partial charge in [-0.2, -0.15) is 0 Å². The summed E-state index contributed by atoms with van der Waals surface area (Å²) in [6.45, 7) is 9.10. The Bertz CT molecular complexity index is 1310. The lowest BCUT2D eigenvalue weighted by atomic mass is 9.95. The minimum Gasteiger partial charge on any atom is -0.508 e. The van der Waals surface area contributed by atoms with Gasteiger partial charge in [0.25, 0.3) is 11.7 Å². The van der Waals surface area contributed by atoms with E-state index in [2.05, 4.69) is 11.0 Å². The van der Waals surface area contributed by atoms with Gasteiger partial charge >= 0.3 is 0 Å². The Labute approximate surface area is 223 Å². The van der Waals surface area contributed by atoms with Gasteiger partial charge in [-0.3, -0.25) is 9.59 Å². The number of likely N-dealkylation sites (N-methyl/N-ethyl adjacent to an activating group) is 1. The Balaban J connectivity index is 1.63. The molecule has 0 spiro atoms. The maximum absolute atomic E-state index is 13.2. The summed E-state index contributed by atoms with van der Waals surface area (Å²) in [6, 6.07) is 20.5. The second-order valence-electron chi connectivity index (χ2n) is 9.41. The van der Waals surface area contributed by atoms with E-state index in [9.17, 15) is 19.8 Å². The maximum atomic E-state index is 13.2. The number of nitrogens with zero attached hydrogens (tertiary/aromatic N) is 2. The normalized spacial score (nSPS) is 16.8. The monoisotopic (exact) mass is 514 g/mol. The lowest BCUT2D eigenvalue weighted by molar-refractivity contribution is -0.140. The second-order valence-corrected chi connectivity index (χ2v) is 9.41. The largest absolute Gasteiger partial charge is 0.508 e. The highest BCUT2D eigenvalue weighted by molar-refractivity contribution is 6.46. The van der Waals surface area contributed by atoms with Gasteiger partial charge in [-0.25, -0.2) is 0 Å². The molecule has 1 saturated heterocycles. The Morgan fingerprint density at radius 2 is 1.66 bits per heavy atom. The van der Waals surface area contributed by atoms with Crippen LogP contribution in [0.25, 0.3) is 5.76 Å². The molecule has 1 fully saturated rings. The number of ketones is 1. The minimum absolute atomic E-state index is 0.0358. The minimum atomic E-state index is -0.761. The van der Waals surface area contributed by atoms with Crippen LogP contribution in [0.5, 0.6) is 11.5 Å². The molecule has 0 aliphatic carbocycles. The van der Waals surface area contributed by atoms with Crippen molar-refractivity contribution in [2.24, 2.45) is 0 Å². The lowest BCUT2D eigenvalue weighted by Crippen LogP contribution is -2.38. The van der Waals surface area contributed by atoms with Crippen LogP contribution in [0.3, 0.4) is 0 Å². The predicted molar refractivity (Wildman–Crippen MR) is 147 cm³/mol. The molecule has 198 valence electrons. The molecule has 1 heterocycles. The van der Waals surface area contributed by atoms with Crippen molar-refractivity contribution < 1.29 is 24.5 Å². The van der Waals surface area contributed by atoms with E-state index in [0.717, 1.165) is 24.2 Å². The molecule has 0 bridgehead atoms. The van der Waals surface area contributed by atoms with Gasteiger partial charge in [-0.1, -0.05) is 55.8 Å². The summed E-state index contributed by atoms with van der Waals surface area (Å²) in [7, 11) is 0. The number of Topliss-reactive ketones (excluding diaryl/α,β-unsaturated/α-hetero) is 1. The van der Waals surface area contributed by atoms with Crippen LogP contribution < -0.4 is 4.74 Å². The first-order valence-electron chi connectivity index (χ1n) is 12.9. The molecular weight excluding hydrogens is 480 g/mol. The molecule has 0 aromatic heterocycles. The van der Waals surface area contributed by atoms with Gasteiger partial charge < -0.3 is 24.7 Å². The number of aromatic hydroxyl groups is 1. The Kier molecular flexibility index (Phi) is 8.48. The summed E-state index contributed by atoms with van der Waals surface area (Å²) in [6.07, 6.45) is 0. The maximum Gasteiger partial charge on any atom is 0.295 e. The molecule has 1 atom stereocenters. The molecule has 1 aliphatic heterocycles. The van der Waals surface area contributed by atoms with Gasteiger partial charge in [0.05, 0.1) is 11.6 Å². The number of carbonyl (C=O) groups excluding carboxylic acids is 2. The van der Waals surface area contributed by atoms with Crippen molar-refractivity contribution in [1.29, 1.82) is 0 Å². The number of phenolic OH excluding ortho intramolecular Hbond substituents is 1. The number of aliphatic hydroxyl groups is 1. The first-order chi connectivity index (χ1) is 18.3. The third-order valence-electron chi connectivity index (χ3n) is 6.92. The number of rotatable bonds is 10. The second kappa shape index (κ2) is 12.0. The number of carbonyl (C=O) groups is 2. The van der Waals surface area contributed by atoms with Crippen LogP contribution in [0.4, 0.5) is 0 Å². The van der Waals surface area contributed by atoms with E-state index in [4.69, 9.17) is 4.74 Å². The summed E-state index contributed by atoms with van der Waals surface area (Å²) in [5, 5.41) is 21.1. The van der Waals surface area contributed by atoms with Gasteiger partial charge in [0.1, 0.15) is 23.9 Å². The highest BCUT2D eigenvalue weighted by Gasteiger charge is 2.45. The molecule has 0 unspecified atom stereocenters. The van der Waals surface area contributed by atoms with E-state index in [1.165, 1.54) is 17.0 Å². The van der Waals surface area contributed by atoms with Crippen LogP contribution in [0.1, 0.15) is 42.1 Å². The number of aliphatic hydroxyl groups excluding tert-OH is 1. The molecule has 1 amide bonds. The van der Waals surface area contributed by atoms with Crippen LogP contribution in [0, 0.1) is 6.92 Å². The zero-order valence-corrected chi connectivity index (χ0v) is 22.1. The topological polar surface area (TPSA) is 90.3 Å². The highest BCUT2D eigenvalue weighted by atomic mass is 16.5. The van der Waals surface area contributed by atoms with Crippen molar-refractivity contribution in [2.75, 3.05) is 26.2 Å². The number of hydrogen-bond donors (Lipinski definition) is 2. The van der Waals surface area contributed by atoms with Crippen molar-refractivity contribution >= 4 is 17.4 Å². The van der Waals surface area contributed by atoms with Gasteiger partial charge in [-0.15, -0.1) is 0 Å². The van der Waals surface area contributed by atoms with E-state index < -0.39 is 17.7 Å². The third-order valence-corrected chi connectivity index (χ3v) is 6.92. The molecule has 7 heteroatoms. The summed E-state index contributed by atoms with van der Waals surface area (Å²) < 4.78 is 5.88. The number of aryl methyl sites for hydroxylation is 1. The molecule has 38 heavy (non-hydrogen) atoms. The fourth-order valence-corrected chi connectivity index (χ4v) is 4.74. The third kappa shape index (κ3) is 5.89. The molecular formula is C31H34N2O5. The fraction of sp³-hybridized carbons (Fsp3) is 0.290. The smallest absolute Gasteiger partial charge is 0.295 e. The average Bonchev–Trinajstić information content (AvgIpc) is 3.18. The Morgan fingerprint density at radius 1 is 0.974 bits per heavy atom. The van der Waals surface area contributed by atoms with E-state index in [1.807, 2.05) is 39.0 Å². The molecule has 3 aromatic carbocycles. The zero-order valence-electron chi connectivity index (χ0n) is 22.1. The lowest BCUT2D eigenvalue weighted by Gasteiger charge is -2.28. The first-order valence-corrected chi connectivity index (χ1v) is 12.9. The van der Waals surface area contributed by atoms with Gasteiger partial charge in [0, 0.05) is 18.7 Å². The van der Waals surface area contributed by atoms with Crippen LogP contribution in [0.2, 0.25) is 0 Å². The Hall–Kier alpha value is -4.10. The summed E-state index contributed by atoms with van der Waals surface area (Å²) in [5.74, 6) is -0.903. The van der Waals surface area contributed by atoms with Crippen molar-refractivity contribution in [3.63, 3.8) is 0 Å². The van der Waals surface area contributed by atoms with Crippen LogP contribution >= 0.6 is 0 Å². The van der Waals surface area contributed by atoms with E-state index in [1.54, 1.807) is 36.4 Å². The van der Waals surface area contributed by atoms with Crippen LogP contribution in [-0.2, 0) is 16.2 Å². The summed E-state index contributed by atoms with van der Waals surface area (Å²) in [4.78, 5) is 30.0. The molecule has 0 radical (unpaired) electrons. The molecule has 1 aliphatic rings. The summed E-state index contributed by atoms with van der Waals surface area (Å²) >= 11 is 0. The number of phenols is 1. The van der Waals surface area contributed by atoms with Gasteiger partial charge in [0.2, 0.25) is 0 Å². The van der Waals surface area contributed by atoms with Gasteiger partial charge in [0.15, 0.2) is 0 Å². The zero-order chi connectivity index (χ0) is 27.2. The SMILES string of the molecule is CCN(CC)CCN1C(=O)C(=O)C(=C(O)c2ccc(OCc3cccc(C)c3)cc2)[C@@H]1c1ccc(O)cc1. The van der Waals surface area contributed by atoms with E-state index in [0.29, 0.717) is 36.6 Å². The fourth-order valence-electron chi connectivity index (χ4n) is 4.74. The number of benzene rings is 3. The quantitative estimate of drug-likeness (QED) is 0.224. The van der Waals surface area contributed by atoms with Crippen molar-refractivity contribution in [3.05, 3.63) is 101 Å². The van der Waals surface area contributed by atoms with Gasteiger partial charge in [-0.05, 0) is 67.5 Å². The molecule has 3 aromatic rings. The number of ether oxygens (including phenoxy) is 1. The summed E-state index contributed by atoms with van der Waals surface area (Å²) in [5.41, 5.74) is 3.30. The van der Waals surface area contributed by atoms with E-state index in [-0.39, 0.29) is 17.1 Å².